The van der Waals surface area contributed by atoms with E-state index < -0.39 is 17.9 Å². The zero-order valence-electron chi connectivity index (χ0n) is 13.5. The van der Waals surface area contributed by atoms with Crippen molar-refractivity contribution in [2.45, 2.75) is 58.4 Å². The van der Waals surface area contributed by atoms with E-state index in [-0.39, 0.29) is 18.9 Å². The Kier molecular flexibility index (Phi) is 22.2. The molecule has 1 heterocycles. The number of nitrogens with one attached hydrogen (secondary N) is 1. The van der Waals surface area contributed by atoms with Crippen LogP contribution in [0.4, 0.5) is 4.39 Å². The summed E-state index contributed by atoms with van der Waals surface area (Å²) in [4.78, 5) is 29.9. The minimum absolute atomic E-state index is 0.0628. The summed E-state index contributed by atoms with van der Waals surface area (Å²) < 4.78 is 9.50. The summed E-state index contributed by atoms with van der Waals surface area (Å²) in [6.45, 7) is 4.86. The van der Waals surface area contributed by atoms with E-state index in [1.54, 1.807) is 0 Å². The van der Waals surface area contributed by atoms with Crippen LogP contribution in [0.3, 0.4) is 0 Å². The molecule has 1 aliphatic heterocycles. The average molecular weight is 325 g/mol. The molecule has 8 heteroatoms. The van der Waals surface area contributed by atoms with Crippen molar-refractivity contribution < 1.29 is 34.1 Å². The van der Waals surface area contributed by atoms with Crippen LogP contribution in [0.15, 0.2) is 0 Å². The van der Waals surface area contributed by atoms with Crippen LogP contribution in [-0.2, 0) is 14.4 Å². The van der Waals surface area contributed by atoms with E-state index in [9.17, 15) is 18.8 Å². The Morgan fingerprint density at radius 2 is 1.41 bits per heavy atom. The summed E-state index contributed by atoms with van der Waals surface area (Å²) >= 11 is 0. The fraction of sp³-hybridized carbons (Fsp3) is 0.786. The lowest BCUT2D eigenvalue weighted by Crippen LogP contribution is -2.29. The summed E-state index contributed by atoms with van der Waals surface area (Å²) in [7, 11) is 0.500. The summed E-state index contributed by atoms with van der Waals surface area (Å²) in [5.74, 6) is -2.46. The van der Waals surface area contributed by atoms with Gasteiger partial charge in [0.2, 0.25) is 0 Å². The lowest BCUT2D eigenvalue weighted by molar-refractivity contribution is -0.139. The number of carboxylic acids is 3. The number of aliphatic carboxylic acids is 3. The Morgan fingerprint density at radius 3 is 1.59 bits per heavy atom. The highest BCUT2D eigenvalue weighted by molar-refractivity contribution is 5.73. The maximum atomic E-state index is 10.1. The SMILES string of the molecule is CC.CF.O=C(O)CCCCC(=O)O.O=C(O)[C@@H]1CCCN1. The third-order valence-electron chi connectivity index (χ3n) is 2.39. The molecule has 1 atom stereocenters. The number of rotatable bonds is 6. The highest BCUT2D eigenvalue weighted by atomic mass is 19.1. The van der Waals surface area contributed by atoms with Crippen molar-refractivity contribution in [3.05, 3.63) is 0 Å². The molecule has 0 radical (unpaired) electrons. The van der Waals surface area contributed by atoms with Gasteiger partial charge in [-0.2, -0.15) is 0 Å². The van der Waals surface area contributed by atoms with Crippen molar-refractivity contribution in [1.82, 2.24) is 5.32 Å². The first-order valence-corrected chi connectivity index (χ1v) is 7.21. The first kappa shape index (κ1) is 25.3. The summed E-state index contributed by atoms with van der Waals surface area (Å²) in [5.41, 5.74) is 0. The molecule has 132 valence electrons. The monoisotopic (exact) mass is 325 g/mol. The van der Waals surface area contributed by atoms with Gasteiger partial charge < -0.3 is 20.6 Å². The van der Waals surface area contributed by atoms with Crippen LogP contribution in [0.5, 0.6) is 0 Å². The highest BCUT2D eigenvalue weighted by Crippen LogP contribution is 2.03. The standard InChI is InChI=1S/C6H10O4.C5H9NO2.C2H6.CH3F/c7-5(8)3-1-2-4-6(9)10;7-5(8)4-2-1-3-6-4;2*1-2/h1-4H2,(H,7,8)(H,9,10);4,6H,1-3H2,(H,7,8);1-2H3;1H3/t;4-;;/m.0../s1. The van der Waals surface area contributed by atoms with Gasteiger partial charge in [-0.3, -0.25) is 18.8 Å². The Hall–Kier alpha value is -1.70. The number of unbranched alkanes of at least 4 members (excludes halogenated alkanes) is 1. The summed E-state index contributed by atoms with van der Waals surface area (Å²) in [6.07, 6.45) is 2.80. The molecule has 0 saturated carbocycles. The normalized spacial score (nSPS) is 15.0. The van der Waals surface area contributed by atoms with E-state index in [2.05, 4.69) is 5.32 Å². The largest absolute Gasteiger partial charge is 0.481 e. The molecule has 1 rings (SSSR count). The average Bonchev–Trinajstić information content (AvgIpc) is 3.03. The molecule has 1 fully saturated rings. The lowest BCUT2D eigenvalue weighted by atomic mass is 10.2. The molecule has 4 N–H and O–H groups in total. The molecular weight excluding hydrogens is 297 g/mol. The Labute approximate surface area is 130 Å². The van der Waals surface area contributed by atoms with Gasteiger partial charge in [-0.15, -0.1) is 0 Å². The Balaban J connectivity index is -0.000000270. The summed E-state index contributed by atoms with van der Waals surface area (Å²) in [6, 6.07) is -0.269. The van der Waals surface area contributed by atoms with Gasteiger partial charge in [0.15, 0.2) is 0 Å². The second-order valence-corrected chi connectivity index (χ2v) is 3.98. The van der Waals surface area contributed by atoms with Gasteiger partial charge in [-0.1, -0.05) is 13.8 Å². The van der Waals surface area contributed by atoms with Crippen molar-refractivity contribution in [2.75, 3.05) is 13.7 Å². The second-order valence-electron chi connectivity index (χ2n) is 3.98. The van der Waals surface area contributed by atoms with E-state index in [1.807, 2.05) is 13.8 Å². The lowest BCUT2D eigenvalue weighted by Gasteiger charge is -1.99. The minimum Gasteiger partial charge on any atom is -0.481 e. The van der Waals surface area contributed by atoms with Crippen LogP contribution >= 0.6 is 0 Å². The molecule has 0 aliphatic carbocycles. The van der Waals surface area contributed by atoms with Crippen LogP contribution in [-0.4, -0.2) is 53.0 Å². The number of hydrogen-bond donors (Lipinski definition) is 4. The second kappa shape index (κ2) is 19.3. The van der Waals surface area contributed by atoms with Crippen molar-refractivity contribution in [1.29, 1.82) is 0 Å². The smallest absolute Gasteiger partial charge is 0.320 e. The molecule has 0 amide bonds. The molecule has 0 bridgehead atoms. The predicted octanol–water partition coefficient (Wildman–Crippen LogP) is 2.15. The van der Waals surface area contributed by atoms with Crippen LogP contribution in [0, 0.1) is 0 Å². The molecule has 1 saturated heterocycles. The number of halogens is 1. The third-order valence-corrected chi connectivity index (χ3v) is 2.39. The maximum absolute atomic E-state index is 10.1. The quantitative estimate of drug-likeness (QED) is 0.551. The Bertz CT molecular complexity index is 277. The molecule has 22 heavy (non-hydrogen) atoms. The predicted molar refractivity (Wildman–Crippen MR) is 80.8 cm³/mol. The number of carbonyl (C=O) groups is 3. The van der Waals surface area contributed by atoms with E-state index in [4.69, 9.17) is 15.3 Å². The number of hydrogen-bond acceptors (Lipinski definition) is 4. The number of carboxylic acid groups (broad SMARTS) is 3. The minimum atomic E-state index is -0.870. The van der Waals surface area contributed by atoms with Gasteiger partial charge in [-0.05, 0) is 32.2 Å². The van der Waals surface area contributed by atoms with Gasteiger partial charge in [0.25, 0.3) is 0 Å². The van der Waals surface area contributed by atoms with Crippen molar-refractivity contribution in [3.8, 4) is 0 Å². The highest BCUT2D eigenvalue weighted by Gasteiger charge is 2.20. The fourth-order valence-electron chi connectivity index (χ4n) is 1.45. The van der Waals surface area contributed by atoms with Gasteiger partial charge in [0.1, 0.15) is 6.04 Å². The van der Waals surface area contributed by atoms with Crippen LogP contribution in [0.25, 0.3) is 0 Å². The molecule has 7 nitrogen and oxygen atoms in total. The zero-order valence-corrected chi connectivity index (χ0v) is 13.5. The van der Waals surface area contributed by atoms with E-state index in [1.165, 1.54) is 0 Å². The van der Waals surface area contributed by atoms with Crippen LogP contribution in [0.1, 0.15) is 52.4 Å². The number of alkyl halides is 1. The third kappa shape index (κ3) is 20.6. The first-order valence-electron chi connectivity index (χ1n) is 7.21. The van der Waals surface area contributed by atoms with Crippen molar-refractivity contribution in [2.24, 2.45) is 0 Å². The first-order chi connectivity index (χ1) is 10.4. The molecule has 0 aromatic heterocycles. The Morgan fingerprint density at radius 1 is 1.00 bits per heavy atom. The van der Waals surface area contributed by atoms with E-state index in [0.717, 1.165) is 19.4 Å². The molecule has 1 aliphatic rings. The van der Waals surface area contributed by atoms with E-state index >= 15 is 0 Å². The van der Waals surface area contributed by atoms with E-state index in [0.29, 0.717) is 20.0 Å². The van der Waals surface area contributed by atoms with Gasteiger partial charge >= 0.3 is 17.9 Å². The fourth-order valence-corrected chi connectivity index (χ4v) is 1.45. The van der Waals surface area contributed by atoms with Gasteiger partial charge in [-0.25, -0.2) is 0 Å². The topological polar surface area (TPSA) is 124 Å². The molecular formula is C14H28FNO6. The molecule has 0 aromatic rings. The molecule has 0 unspecified atom stereocenters. The van der Waals surface area contributed by atoms with Crippen LogP contribution in [0.2, 0.25) is 0 Å². The summed E-state index contributed by atoms with van der Waals surface area (Å²) in [5, 5.41) is 27.5. The van der Waals surface area contributed by atoms with Crippen LogP contribution < -0.4 is 5.32 Å². The maximum Gasteiger partial charge on any atom is 0.320 e. The van der Waals surface area contributed by atoms with Crippen molar-refractivity contribution in [3.63, 3.8) is 0 Å². The van der Waals surface area contributed by atoms with Crippen molar-refractivity contribution >= 4 is 17.9 Å². The van der Waals surface area contributed by atoms with Gasteiger partial charge in [0.05, 0.1) is 7.18 Å². The molecule has 0 aromatic carbocycles. The molecule has 0 spiro atoms. The van der Waals surface area contributed by atoms with Gasteiger partial charge in [0, 0.05) is 12.8 Å². The zero-order chi connectivity index (χ0) is 18.0.